The van der Waals surface area contributed by atoms with Gasteiger partial charge in [-0.1, -0.05) is 35.9 Å². The first kappa shape index (κ1) is 20.7. The average Bonchev–Trinajstić information content (AvgIpc) is 3.38. The minimum atomic E-state index is -0.287. The third-order valence-electron chi connectivity index (χ3n) is 4.70. The molecule has 0 fully saturated rings. The summed E-state index contributed by atoms with van der Waals surface area (Å²) in [6.45, 7) is 4.79. The highest BCUT2D eigenvalue weighted by molar-refractivity contribution is 6.30. The fourth-order valence-corrected chi connectivity index (χ4v) is 3.26. The number of hydrogen-bond acceptors (Lipinski definition) is 4. The highest BCUT2D eigenvalue weighted by Gasteiger charge is 2.11. The van der Waals surface area contributed by atoms with Crippen molar-refractivity contribution in [2.75, 3.05) is 5.32 Å². The van der Waals surface area contributed by atoms with Crippen LogP contribution < -0.4 is 10.1 Å². The molecule has 0 aliphatic rings. The Kier molecular flexibility index (Phi) is 6.04. The Morgan fingerprint density at radius 2 is 2.00 bits per heavy atom. The van der Waals surface area contributed by atoms with Gasteiger partial charge < -0.3 is 10.1 Å². The van der Waals surface area contributed by atoms with Crippen molar-refractivity contribution in [3.05, 3.63) is 94.5 Å². The molecule has 2 aromatic carbocycles. The highest BCUT2D eigenvalue weighted by atomic mass is 35.5. The Morgan fingerprint density at radius 3 is 2.81 bits per heavy atom. The van der Waals surface area contributed by atoms with Gasteiger partial charge in [0.15, 0.2) is 12.4 Å². The lowest BCUT2D eigenvalue weighted by Crippen LogP contribution is -2.14. The van der Waals surface area contributed by atoms with Gasteiger partial charge in [0.2, 0.25) is 0 Å². The number of ether oxygens (including phenoxy) is 1. The maximum absolute atomic E-state index is 12.6. The number of amides is 1. The molecule has 0 radical (unpaired) electrons. The summed E-state index contributed by atoms with van der Waals surface area (Å²) in [5, 5.41) is 12.0. The molecule has 0 aliphatic heterocycles. The number of anilines is 1. The fraction of sp³-hybridized carbons (Fsp3) is 0.174. The lowest BCUT2D eigenvalue weighted by atomic mass is 10.1. The van der Waals surface area contributed by atoms with E-state index in [1.54, 1.807) is 34.0 Å². The van der Waals surface area contributed by atoms with Crippen molar-refractivity contribution >= 4 is 23.2 Å². The van der Waals surface area contributed by atoms with E-state index in [1.807, 2.05) is 56.3 Å². The molecule has 0 atom stereocenters. The van der Waals surface area contributed by atoms with E-state index in [9.17, 15) is 4.79 Å². The number of carbonyl (C=O) groups is 1. The number of aromatic nitrogens is 4. The fourth-order valence-electron chi connectivity index (χ4n) is 3.11. The molecule has 31 heavy (non-hydrogen) atoms. The SMILES string of the molecule is Cc1ccc(C)c(OCn2ccc(C(=O)Nc3cccc(Cn4cc(Cl)cn4)c3)n2)c1. The van der Waals surface area contributed by atoms with Crippen LogP contribution in [0.3, 0.4) is 0 Å². The normalized spacial score (nSPS) is 10.8. The summed E-state index contributed by atoms with van der Waals surface area (Å²) >= 11 is 5.91. The molecule has 2 heterocycles. The number of nitrogens with one attached hydrogen (secondary N) is 1. The monoisotopic (exact) mass is 435 g/mol. The summed E-state index contributed by atoms with van der Waals surface area (Å²) in [5.41, 5.74) is 4.16. The van der Waals surface area contributed by atoms with Crippen LogP contribution >= 0.6 is 11.6 Å². The minimum absolute atomic E-state index is 0.222. The summed E-state index contributed by atoms with van der Waals surface area (Å²) < 4.78 is 9.17. The predicted octanol–water partition coefficient (Wildman–Crippen LogP) is 4.69. The molecule has 1 amide bonds. The average molecular weight is 436 g/mol. The molecule has 0 unspecified atom stereocenters. The van der Waals surface area contributed by atoms with Gasteiger partial charge in [0.1, 0.15) is 5.75 Å². The number of hydrogen-bond donors (Lipinski definition) is 1. The summed E-state index contributed by atoms with van der Waals surface area (Å²) in [6.07, 6.45) is 5.06. The quantitative estimate of drug-likeness (QED) is 0.457. The van der Waals surface area contributed by atoms with Gasteiger partial charge in [-0.15, -0.1) is 0 Å². The van der Waals surface area contributed by atoms with Gasteiger partial charge in [-0.25, -0.2) is 4.68 Å². The van der Waals surface area contributed by atoms with E-state index in [2.05, 4.69) is 15.5 Å². The van der Waals surface area contributed by atoms with Gasteiger partial charge in [-0.05, 0) is 54.8 Å². The van der Waals surface area contributed by atoms with Crippen molar-refractivity contribution in [1.29, 1.82) is 0 Å². The largest absolute Gasteiger partial charge is 0.471 e. The lowest BCUT2D eigenvalue weighted by Gasteiger charge is -2.10. The minimum Gasteiger partial charge on any atom is -0.471 e. The zero-order chi connectivity index (χ0) is 21.8. The van der Waals surface area contributed by atoms with Crippen molar-refractivity contribution in [1.82, 2.24) is 19.6 Å². The molecule has 7 nitrogen and oxygen atoms in total. The number of carbonyl (C=O) groups excluding carboxylic acids is 1. The van der Waals surface area contributed by atoms with Crippen LogP contribution in [-0.2, 0) is 13.3 Å². The first-order chi connectivity index (χ1) is 15.0. The van der Waals surface area contributed by atoms with E-state index in [4.69, 9.17) is 16.3 Å². The van der Waals surface area contributed by atoms with Gasteiger partial charge in [0.25, 0.3) is 5.91 Å². The molecule has 4 aromatic rings. The van der Waals surface area contributed by atoms with Gasteiger partial charge in [-0.3, -0.25) is 9.48 Å². The van der Waals surface area contributed by atoms with Crippen LogP contribution in [0.25, 0.3) is 0 Å². The first-order valence-corrected chi connectivity index (χ1v) is 10.2. The number of aryl methyl sites for hydroxylation is 2. The molecule has 1 N–H and O–H groups in total. The van der Waals surface area contributed by atoms with E-state index in [-0.39, 0.29) is 12.6 Å². The van der Waals surface area contributed by atoms with Crippen LogP contribution in [0.1, 0.15) is 27.2 Å². The molecule has 8 heteroatoms. The Hall–Kier alpha value is -3.58. The standard InChI is InChI=1S/C23H22ClN5O2/c1-16-6-7-17(2)22(10-16)31-15-28-9-8-21(27-28)23(30)26-20-5-3-4-18(11-20)13-29-14-19(24)12-25-29/h3-12,14H,13,15H2,1-2H3,(H,26,30). The van der Waals surface area contributed by atoms with E-state index in [0.29, 0.717) is 22.9 Å². The van der Waals surface area contributed by atoms with Gasteiger partial charge >= 0.3 is 0 Å². The number of rotatable bonds is 7. The van der Waals surface area contributed by atoms with Crippen molar-refractivity contribution in [3.63, 3.8) is 0 Å². The topological polar surface area (TPSA) is 74.0 Å². The number of halogens is 1. The Labute approximate surface area is 185 Å². The summed E-state index contributed by atoms with van der Waals surface area (Å²) in [6, 6.07) is 15.3. The number of nitrogens with zero attached hydrogens (tertiary/aromatic N) is 4. The lowest BCUT2D eigenvalue weighted by molar-refractivity contribution is 0.102. The Morgan fingerprint density at radius 1 is 1.13 bits per heavy atom. The number of benzene rings is 2. The summed E-state index contributed by atoms with van der Waals surface area (Å²) in [5.74, 6) is 0.515. The molecule has 0 saturated heterocycles. The van der Waals surface area contributed by atoms with E-state index >= 15 is 0 Å². The summed E-state index contributed by atoms with van der Waals surface area (Å²) in [4.78, 5) is 12.6. The summed E-state index contributed by atoms with van der Waals surface area (Å²) in [7, 11) is 0. The second kappa shape index (κ2) is 9.06. The van der Waals surface area contributed by atoms with Crippen LogP contribution in [-0.4, -0.2) is 25.5 Å². The van der Waals surface area contributed by atoms with Crippen LogP contribution in [0.2, 0.25) is 5.02 Å². The van der Waals surface area contributed by atoms with E-state index in [1.165, 1.54) is 0 Å². The van der Waals surface area contributed by atoms with Crippen molar-refractivity contribution in [2.24, 2.45) is 0 Å². The highest BCUT2D eigenvalue weighted by Crippen LogP contribution is 2.19. The molecular formula is C23H22ClN5O2. The molecule has 0 saturated carbocycles. The van der Waals surface area contributed by atoms with Gasteiger partial charge in [-0.2, -0.15) is 10.2 Å². The first-order valence-electron chi connectivity index (χ1n) is 9.78. The Bertz CT molecular complexity index is 1210. The molecule has 2 aromatic heterocycles. The second-order valence-electron chi connectivity index (χ2n) is 7.29. The van der Waals surface area contributed by atoms with Crippen LogP contribution in [0.5, 0.6) is 5.75 Å². The van der Waals surface area contributed by atoms with Crippen LogP contribution in [0.15, 0.2) is 67.1 Å². The predicted molar refractivity (Wildman–Crippen MR) is 120 cm³/mol. The Balaban J connectivity index is 1.37. The van der Waals surface area contributed by atoms with Crippen molar-refractivity contribution < 1.29 is 9.53 Å². The maximum atomic E-state index is 12.6. The van der Waals surface area contributed by atoms with E-state index in [0.717, 1.165) is 22.4 Å². The van der Waals surface area contributed by atoms with E-state index < -0.39 is 0 Å². The maximum Gasteiger partial charge on any atom is 0.276 e. The third-order valence-corrected chi connectivity index (χ3v) is 4.90. The third kappa shape index (κ3) is 5.32. The molecule has 158 valence electrons. The van der Waals surface area contributed by atoms with Crippen LogP contribution in [0, 0.1) is 13.8 Å². The molecule has 0 spiro atoms. The van der Waals surface area contributed by atoms with Crippen LogP contribution in [0.4, 0.5) is 5.69 Å². The molecule has 0 bridgehead atoms. The van der Waals surface area contributed by atoms with Crippen molar-refractivity contribution in [3.8, 4) is 5.75 Å². The molecule has 4 rings (SSSR count). The molecular weight excluding hydrogens is 414 g/mol. The smallest absolute Gasteiger partial charge is 0.276 e. The zero-order valence-corrected chi connectivity index (χ0v) is 18.0. The zero-order valence-electron chi connectivity index (χ0n) is 17.2. The molecule has 0 aliphatic carbocycles. The van der Waals surface area contributed by atoms with Crippen molar-refractivity contribution in [2.45, 2.75) is 27.1 Å². The second-order valence-corrected chi connectivity index (χ2v) is 7.73. The van der Waals surface area contributed by atoms with Gasteiger partial charge in [0.05, 0.1) is 17.8 Å². The van der Waals surface area contributed by atoms with Gasteiger partial charge in [0, 0.05) is 18.1 Å².